The van der Waals surface area contributed by atoms with Crippen LogP contribution < -0.4 is 0 Å². The van der Waals surface area contributed by atoms with Crippen molar-refractivity contribution in [2.75, 3.05) is 0 Å². The topological polar surface area (TPSA) is 43.6 Å². The van der Waals surface area contributed by atoms with Crippen LogP contribution in [0.5, 0.6) is 0 Å². The lowest BCUT2D eigenvalue weighted by Crippen LogP contribution is -2.11. The largest absolute Gasteiger partial charge is 0.435 e. The fourth-order valence-corrected chi connectivity index (χ4v) is 1.53. The second-order valence-electron chi connectivity index (χ2n) is 3.98. The van der Waals surface area contributed by atoms with Crippen molar-refractivity contribution in [3.05, 3.63) is 34.8 Å². The number of halogens is 3. The van der Waals surface area contributed by atoms with Crippen molar-refractivity contribution in [1.82, 2.24) is 20.0 Å². The molecule has 0 aliphatic carbocycles. The number of rotatable bonds is 1. The van der Waals surface area contributed by atoms with Crippen LogP contribution >= 0.6 is 0 Å². The molecule has 0 aliphatic rings. The Labute approximate surface area is 101 Å². The molecule has 0 fully saturated rings. The normalized spacial score (nSPS) is 11.9. The van der Waals surface area contributed by atoms with Crippen molar-refractivity contribution in [1.29, 1.82) is 0 Å². The molecule has 0 spiro atoms. The summed E-state index contributed by atoms with van der Waals surface area (Å²) >= 11 is 0. The van der Waals surface area contributed by atoms with E-state index in [2.05, 4.69) is 15.3 Å². The molecule has 0 radical (unpaired) electrons. The van der Waals surface area contributed by atoms with Crippen molar-refractivity contribution >= 4 is 0 Å². The van der Waals surface area contributed by atoms with E-state index in [-0.39, 0.29) is 5.82 Å². The highest BCUT2D eigenvalue weighted by Gasteiger charge is 2.33. The van der Waals surface area contributed by atoms with Gasteiger partial charge in [0.05, 0.1) is 5.69 Å². The maximum atomic E-state index is 12.3. The van der Waals surface area contributed by atoms with Gasteiger partial charge < -0.3 is 0 Å². The van der Waals surface area contributed by atoms with Crippen LogP contribution in [0.25, 0.3) is 5.82 Å². The van der Waals surface area contributed by atoms with Crippen LogP contribution in [0.2, 0.25) is 0 Å². The summed E-state index contributed by atoms with van der Waals surface area (Å²) in [5, 5.41) is 10.9. The molecule has 0 amide bonds. The third kappa shape index (κ3) is 2.07. The Balaban J connectivity index is 2.44. The molecule has 0 atom stereocenters. The molecule has 0 aromatic carbocycles. The first-order valence-corrected chi connectivity index (χ1v) is 5.25. The third-order valence-corrected chi connectivity index (χ3v) is 2.81. The van der Waals surface area contributed by atoms with E-state index in [9.17, 15) is 13.2 Å². The van der Waals surface area contributed by atoms with Gasteiger partial charge in [0, 0.05) is 5.69 Å². The van der Waals surface area contributed by atoms with Crippen molar-refractivity contribution in [2.24, 2.45) is 0 Å². The molecule has 0 saturated carbocycles. The molecule has 2 heterocycles. The van der Waals surface area contributed by atoms with E-state index in [0.29, 0.717) is 0 Å². The highest BCUT2D eigenvalue weighted by molar-refractivity contribution is 5.31. The van der Waals surface area contributed by atoms with Crippen molar-refractivity contribution in [3.63, 3.8) is 0 Å². The Morgan fingerprint density at radius 2 is 1.72 bits per heavy atom. The van der Waals surface area contributed by atoms with Crippen molar-refractivity contribution in [2.45, 2.75) is 26.9 Å². The van der Waals surface area contributed by atoms with Gasteiger partial charge in [-0.2, -0.15) is 18.3 Å². The van der Waals surface area contributed by atoms with E-state index in [1.54, 1.807) is 0 Å². The molecule has 0 bridgehead atoms. The Kier molecular flexibility index (Phi) is 2.84. The molecule has 96 valence electrons. The molecule has 0 N–H and O–H groups in total. The predicted octanol–water partition coefficient (Wildman–Crippen LogP) is 2.61. The Hall–Kier alpha value is -1.92. The van der Waals surface area contributed by atoms with Crippen LogP contribution in [0, 0.1) is 20.8 Å². The van der Waals surface area contributed by atoms with Gasteiger partial charge in [0.15, 0.2) is 11.5 Å². The molecule has 2 rings (SSSR count). The van der Waals surface area contributed by atoms with Crippen molar-refractivity contribution in [3.8, 4) is 5.82 Å². The number of aryl methyl sites for hydroxylation is 1. The smallest absolute Gasteiger partial charge is 0.217 e. The van der Waals surface area contributed by atoms with E-state index in [4.69, 9.17) is 0 Å². The first-order chi connectivity index (χ1) is 8.30. The minimum Gasteiger partial charge on any atom is -0.217 e. The zero-order valence-corrected chi connectivity index (χ0v) is 10.1. The molecule has 4 nitrogen and oxygen atoms in total. The summed E-state index contributed by atoms with van der Waals surface area (Å²) in [6.07, 6.45) is -4.48. The molecule has 7 heteroatoms. The lowest BCUT2D eigenvalue weighted by atomic mass is 10.2. The summed E-state index contributed by atoms with van der Waals surface area (Å²) in [7, 11) is 0. The molecule has 2 aromatic heterocycles. The van der Waals surface area contributed by atoms with E-state index in [1.165, 1.54) is 10.7 Å². The van der Waals surface area contributed by atoms with Gasteiger partial charge in [-0.3, -0.25) is 0 Å². The van der Waals surface area contributed by atoms with Gasteiger partial charge in [-0.15, -0.1) is 10.2 Å². The second kappa shape index (κ2) is 4.08. The van der Waals surface area contributed by atoms with Crippen LogP contribution in [-0.4, -0.2) is 20.0 Å². The van der Waals surface area contributed by atoms with Gasteiger partial charge in [0.1, 0.15) is 0 Å². The average Bonchev–Trinajstić information content (AvgIpc) is 2.56. The number of hydrogen-bond donors (Lipinski definition) is 0. The summed E-state index contributed by atoms with van der Waals surface area (Å²) in [6.45, 7) is 5.55. The van der Waals surface area contributed by atoms with Crippen LogP contribution in [0.1, 0.15) is 22.6 Å². The van der Waals surface area contributed by atoms with Gasteiger partial charge in [-0.05, 0) is 38.5 Å². The zero-order valence-electron chi connectivity index (χ0n) is 10.1. The molecule has 2 aromatic rings. The van der Waals surface area contributed by atoms with Crippen LogP contribution in [0.4, 0.5) is 13.2 Å². The Bertz CT molecular complexity index is 569. The molecule has 18 heavy (non-hydrogen) atoms. The minimum absolute atomic E-state index is 0.275. The molecular formula is C11H11F3N4. The van der Waals surface area contributed by atoms with E-state index >= 15 is 0 Å². The lowest BCUT2D eigenvalue weighted by molar-refractivity contribution is -0.141. The van der Waals surface area contributed by atoms with Crippen LogP contribution in [0.15, 0.2) is 12.1 Å². The number of nitrogens with zero attached hydrogens (tertiary/aromatic N) is 4. The second-order valence-corrected chi connectivity index (χ2v) is 3.98. The standard InChI is InChI=1S/C11H11F3N4/c1-6-7(2)17-18(8(6)3)10-5-4-9(15-16-10)11(12,13)14/h4-5H,1-3H3. The highest BCUT2D eigenvalue weighted by atomic mass is 19.4. The van der Waals surface area contributed by atoms with Gasteiger partial charge in [0.25, 0.3) is 0 Å². The average molecular weight is 256 g/mol. The lowest BCUT2D eigenvalue weighted by Gasteiger charge is -2.06. The number of aromatic nitrogens is 4. The zero-order chi connectivity index (χ0) is 13.5. The van der Waals surface area contributed by atoms with E-state index in [0.717, 1.165) is 23.0 Å². The summed E-state index contributed by atoms with van der Waals surface area (Å²) in [4.78, 5) is 0. The van der Waals surface area contributed by atoms with E-state index < -0.39 is 11.9 Å². The molecule has 0 saturated heterocycles. The monoisotopic (exact) mass is 256 g/mol. The first-order valence-electron chi connectivity index (χ1n) is 5.25. The molecule has 0 unspecified atom stereocenters. The quantitative estimate of drug-likeness (QED) is 0.787. The fourth-order valence-electron chi connectivity index (χ4n) is 1.53. The molecular weight excluding hydrogens is 245 g/mol. The van der Waals surface area contributed by atoms with Crippen LogP contribution in [-0.2, 0) is 6.18 Å². The summed E-state index contributed by atoms with van der Waals surface area (Å²) < 4.78 is 38.5. The van der Waals surface area contributed by atoms with Gasteiger partial charge >= 0.3 is 6.18 Å². The van der Waals surface area contributed by atoms with Crippen LogP contribution in [0.3, 0.4) is 0 Å². The summed E-state index contributed by atoms with van der Waals surface area (Å²) in [6, 6.07) is 2.16. The van der Waals surface area contributed by atoms with Gasteiger partial charge in [0.2, 0.25) is 0 Å². The number of hydrogen-bond acceptors (Lipinski definition) is 3. The first kappa shape index (κ1) is 12.5. The van der Waals surface area contributed by atoms with Gasteiger partial charge in [-0.1, -0.05) is 0 Å². The Morgan fingerprint density at radius 1 is 1.06 bits per heavy atom. The van der Waals surface area contributed by atoms with Gasteiger partial charge in [-0.25, -0.2) is 4.68 Å². The SMILES string of the molecule is Cc1nn(-c2ccc(C(F)(F)F)nn2)c(C)c1C. The summed E-state index contributed by atoms with van der Waals surface area (Å²) in [5.74, 6) is 0.275. The Morgan fingerprint density at radius 3 is 2.11 bits per heavy atom. The maximum Gasteiger partial charge on any atom is 0.435 e. The minimum atomic E-state index is -4.48. The predicted molar refractivity (Wildman–Crippen MR) is 58.4 cm³/mol. The maximum absolute atomic E-state index is 12.3. The highest BCUT2D eigenvalue weighted by Crippen LogP contribution is 2.27. The number of alkyl halides is 3. The molecule has 0 aliphatic heterocycles. The van der Waals surface area contributed by atoms with E-state index in [1.807, 2.05) is 20.8 Å². The fraction of sp³-hybridized carbons (Fsp3) is 0.364. The van der Waals surface area contributed by atoms with Crippen molar-refractivity contribution < 1.29 is 13.2 Å². The third-order valence-electron chi connectivity index (χ3n) is 2.81. The summed E-state index contributed by atoms with van der Waals surface area (Å²) in [5.41, 5.74) is 1.62.